The van der Waals surface area contributed by atoms with Gasteiger partial charge in [-0.05, 0) is 0 Å². The Bertz CT molecular complexity index is 709. The molecular weight excluding hydrogens is 290 g/mol. The van der Waals surface area contributed by atoms with Gasteiger partial charge in [0.15, 0.2) is 5.65 Å². The molecule has 3 nitrogen and oxygen atoms in total. The fourth-order valence-corrected chi connectivity index (χ4v) is 3.04. The predicted octanol–water partition coefficient (Wildman–Crippen LogP) is 3.91. The predicted molar refractivity (Wildman–Crippen MR) is 60.0 cm³/mol. The maximum absolute atomic E-state index is 13.0. The molecule has 9 heteroatoms. The van der Waals surface area contributed by atoms with Crippen LogP contribution in [0.1, 0.15) is 4.88 Å². The van der Waals surface area contributed by atoms with E-state index in [1.54, 1.807) is 0 Å². The van der Waals surface area contributed by atoms with Gasteiger partial charge in [0.25, 0.3) is 5.26 Å². The molecule has 3 aromatic rings. The van der Waals surface area contributed by atoms with Crippen LogP contribution in [0.25, 0.3) is 21.6 Å². The maximum Gasteiger partial charge on any atom is 0.427 e. The molecule has 0 radical (unpaired) electrons. The molecule has 0 saturated carbocycles. The number of nitrogens with zero attached hydrogens (tertiary/aromatic N) is 2. The summed E-state index contributed by atoms with van der Waals surface area (Å²) in [5, 5.41) is -0.693. The zero-order valence-corrected chi connectivity index (χ0v) is 10.0. The topological polar surface area (TPSA) is 41.6 Å². The molecule has 3 heterocycles. The summed E-state index contributed by atoms with van der Waals surface area (Å²) >= 11 is 1.20. The van der Waals surface area contributed by atoms with E-state index in [0.717, 1.165) is 5.51 Å². The van der Waals surface area contributed by atoms with E-state index in [2.05, 4.69) is 15.0 Å². The molecule has 0 aliphatic rings. The highest BCUT2D eigenvalue weighted by atomic mass is 32.1. The summed E-state index contributed by atoms with van der Waals surface area (Å²) in [7, 11) is 0. The van der Waals surface area contributed by atoms with E-state index in [1.807, 2.05) is 0 Å². The number of fused-ring (bicyclic) bond motifs is 1. The molecule has 18 heavy (non-hydrogen) atoms. The Morgan fingerprint density at radius 1 is 1.28 bits per heavy atom. The summed E-state index contributed by atoms with van der Waals surface area (Å²) < 4.78 is 51.6. The van der Waals surface area contributed by atoms with Crippen LogP contribution in [0.15, 0.2) is 11.7 Å². The molecule has 0 aliphatic carbocycles. The van der Waals surface area contributed by atoms with Gasteiger partial charge in [-0.2, -0.15) is 22.5 Å². The molecule has 94 valence electrons. The fourth-order valence-electron chi connectivity index (χ4n) is 1.60. The first kappa shape index (κ1) is 11.6. The molecular formula is C9H3F4N3S2. The van der Waals surface area contributed by atoms with Gasteiger partial charge in [0.05, 0.1) is 15.9 Å². The number of aromatic nitrogens is 3. The van der Waals surface area contributed by atoms with Crippen LogP contribution in [0.4, 0.5) is 17.6 Å². The van der Waals surface area contributed by atoms with Crippen molar-refractivity contribution in [3.8, 4) is 11.3 Å². The van der Waals surface area contributed by atoms with Crippen LogP contribution >= 0.6 is 22.7 Å². The Labute approximate surface area is 105 Å². The lowest BCUT2D eigenvalue weighted by molar-refractivity contribution is -0.134. The highest BCUT2D eigenvalue weighted by Gasteiger charge is 2.37. The van der Waals surface area contributed by atoms with Crippen molar-refractivity contribution in [1.29, 1.82) is 0 Å². The van der Waals surface area contributed by atoms with E-state index >= 15 is 0 Å². The van der Waals surface area contributed by atoms with E-state index in [-0.39, 0.29) is 16.9 Å². The number of aromatic amines is 1. The number of rotatable bonds is 1. The summed E-state index contributed by atoms with van der Waals surface area (Å²) in [6, 6.07) is 0. The highest BCUT2D eigenvalue weighted by Crippen LogP contribution is 2.42. The number of halogens is 4. The molecule has 0 fully saturated rings. The van der Waals surface area contributed by atoms with Crippen molar-refractivity contribution in [2.24, 2.45) is 0 Å². The lowest BCUT2D eigenvalue weighted by Gasteiger charge is -2.04. The maximum atomic E-state index is 13.0. The Morgan fingerprint density at radius 2 is 2.06 bits per heavy atom. The third kappa shape index (κ3) is 1.70. The molecule has 0 bridgehead atoms. The average molecular weight is 293 g/mol. The SMILES string of the molecule is Fc1nc2[nH]cc(-c3ncsc3C(F)(F)F)c2s1. The van der Waals surface area contributed by atoms with Crippen molar-refractivity contribution in [3.63, 3.8) is 0 Å². The van der Waals surface area contributed by atoms with Crippen molar-refractivity contribution < 1.29 is 17.6 Å². The first-order valence-corrected chi connectivity index (χ1v) is 6.31. The van der Waals surface area contributed by atoms with Gasteiger partial charge in [-0.3, -0.25) is 0 Å². The number of alkyl halides is 3. The second-order valence-corrected chi connectivity index (χ2v) is 5.18. The lowest BCUT2D eigenvalue weighted by Crippen LogP contribution is -2.03. The van der Waals surface area contributed by atoms with E-state index in [0.29, 0.717) is 27.4 Å². The number of H-pyrrole nitrogens is 1. The normalized spacial score (nSPS) is 12.4. The van der Waals surface area contributed by atoms with Gasteiger partial charge in [-0.1, -0.05) is 11.3 Å². The summed E-state index contributed by atoms with van der Waals surface area (Å²) in [6.45, 7) is 0. The first-order valence-electron chi connectivity index (χ1n) is 4.61. The van der Waals surface area contributed by atoms with E-state index in [9.17, 15) is 17.6 Å². The van der Waals surface area contributed by atoms with Gasteiger partial charge in [0, 0.05) is 11.8 Å². The van der Waals surface area contributed by atoms with Crippen molar-refractivity contribution in [1.82, 2.24) is 15.0 Å². The van der Waals surface area contributed by atoms with E-state index < -0.39 is 16.3 Å². The Morgan fingerprint density at radius 3 is 2.78 bits per heavy atom. The zero-order chi connectivity index (χ0) is 12.9. The van der Waals surface area contributed by atoms with Gasteiger partial charge < -0.3 is 4.98 Å². The van der Waals surface area contributed by atoms with Gasteiger partial charge in [-0.25, -0.2) is 4.98 Å². The van der Waals surface area contributed by atoms with Gasteiger partial charge in [0.2, 0.25) is 0 Å². The Balaban J connectivity index is 2.23. The number of nitrogens with one attached hydrogen (secondary N) is 1. The van der Waals surface area contributed by atoms with Gasteiger partial charge >= 0.3 is 6.18 Å². The van der Waals surface area contributed by atoms with Gasteiger partial charge in [0.1, 0.15) is 4.88 Å². The van der Waals surface area contributed by atoms with Crippen molar-refractivity contribution in [2.45, 2.75) is 6.18 Å². The minimum atomic E-state index is -4.47. The molecule has 0 atom stereocenters. The standard InChI is InChI=1S/C9H3F4N3S2/c10-8-16-7-5(18-8)3(1-14-7)4-6(9(11,12)13)17-2-15-4/h1-2,14H. The molecule has 0 aromatic carbocycles. The lowest BCUT2D eigenvalue weighted by atomic mass is 10.2. The van der Waals surface area contributed by atoms with Crippen molar-refractivity contribution >= 4 is 33.0 Å². The minimum absolute atomic E-state index is 0.192. The summed E-state index contributed by atoms with van der Waals surface area (Å²) in [5.41, 5.74) is 1.38. The molecule has 0 saturated heterocycles. The average Bonchev–Trinajstić information content (AvgIpc) is 2.88. The summed E-state index contributed by atoms with van der Waals surface area (Å²) in [6.07, 6.45) is -3.11. The minimum Gasteiger partial charge on any atom is -0.345 e. The molecule has 0 aliphatic heterocycles. The molecule has 3 rings (SSSR count). The van der Waals surface area contributed by atoms with Crippen LogP contribution in [0.2, 0.25) is 0 Å². The van der Waals surface area contributed by atoms with Crippen molar-refractivity contribution in [3.05, 3.63) is 21.8 Å². The molecule has 3 aromatic heterocycles. The smallest absolute Gasteiger partial charge is 0.345 e. The first-order chi connectivity index (χ1) is 8.47. The van der Waals surface area contributed by atoms with Crippen LogP contribution in [-0.4, -0.2) is 15.0 Å². The summed E-state index contributed by atoms with van der Waals surface area (Å²) in [4.78, 5) is 9.08. The third-order valence-electron chi connectivity index (χ3n) is 2.28. The highest BCUT2D eigenvalue weighted by molar-refractivity contribution is 7.17. The molecule has 1 N–H and O–H groups in total. The van der Waals surface area contributed by atoms with Crippen LogP contribution < -0.4 is 0 Å². The van der Waals surface area contributed by atoms with Crippen LogP contribution in [0.5, 0.6) is 0 Å². The fraction of sp³-hybridized carbons (Fsp3) is 0.111. The Kier molecular flexibility index (Phi) is 2.42. The molecule has 0 spiro atoms. The summed E-state index contributed by atoms with van der Waals surface area (Å²) in [5.74, 6) is 0. The van der Waals surface area contributed by atoms with Gasteiger partial charge in [-0.15, -0.1) is 11.3 Å². The van der Waals surface area contributed by atoms with Crippen molar-refractivity contribution in [2.75, 3.05) is 0 Å². The second-order valence-electron chi connectivity index (χ2n) is 3.37. The van der Waals surface area contributed by atoms with E-state index in [4.69, 9.17) is 0 Å². The third-order valence-corrected chi connectivity index (χ3v) is 4.03. The van der Waals surface area contributed by atoms with Crippen LogP contribution in [0.3, 0.4) is 0 Å². The molecule has 0 amide bonds. The zero-order valence-electron chi connectivity index (χ0n) is 8.38. The number of hydrogen-bond acceptors (Lipinski definition) is 4. The van der Waals surface area contributed by atoms with Crippen LogP contribution in [-0.2, 0) is 6.18 Å². The number of hydrogen-bond donors (Lipinski definition) is 1. The molecule has 0 unspecified atom stereocenters. The van der Waals surface area contributed by atoms with Crippen LogP contribution in [0, 0.1) is 5.26 Å². The monoisotopic (exact) mass is 293 g/mol. The second kappa shape index (κ2) is 3.75. The van der Waals surface area contributed by atoms with E-state index in [1.165, 1.54) is 6.20 Å². The number of thiazole rings is 2. The quantitative estimate of drug-likeness (QED) is 0.691. The Hall–Kier alpha value is -1.48. The largest absolute Gasteiger partial charge is 0.427 e.